The predicted octanol–water partition coefficient (Wildman–Crippen LogP) is 4.66. The molecule has 2 aromatic carbocycles. The van der Waals surface area contributed by atoms with Gasteiger partial charge in [-0.2, -0.15) is 0 Å². The molecule has 0 saturated carbocycles. The third kappa shape index (κ3) is 1.98. The third-order valence-corrected chi connectivity index (χ3v) is 3.14. The topological polar surface area (TPSA) is 12.9 Å². The Bertz CT molecular complexity index is 719. The van der Waals surface area contributed by atoms with Crippen LogP contribution in [-0.2, 0) is 0 Å². The summed E-state index contributed by atoms with van der Waals surface area (Å²) < 4.78 is 0. The fourth-order valence-corrected chi connectivity index (χ4v) is 2.33. The molecule has 2 heteroatoms. The van der Waals surface area contributed by atoms with Gasteiger partial charge < -0.3 is 0 Å². The summed E-state index contributed by atoms with van der Waals surface area (Å²) in [6.45, 7) is 2.08. The Labute approximate surface area is 111 Å². The smallest absolute Gasteiger partial charge is 0.130 e. The summed E-state index contributed by atoms with van der Waals surface area (Å²) in [5.41, 5.74) is 4.39. The van der Waals surface area contributed by atoms with Gasteiger partial charge in [0.2, 0.25) is 0 Å². The maximum absolute atomic E-state index is 6.09. The van der Waals surface area contributed by atoms with Crippen molar-refractivity contribution >= 4 is 22.5 Å². The van der Waals surface area contributed by atoms with E-state index >= 15 is 0 Å². The number of rotatable bonds is 1. The minimum Gasteiger partial charge on any atom is -0.236 e. The zero-order chi connectivity index (χ0) is 12.5. The first-order valence-electron chi connectivity index (χ1n) is 5.77. The van der Waals surface area contributed by atoms with E-state index in [0.29, 0.717) is 5.15 Å². The van der Waals surface area contributed by atoms with Crippen molar-refractivity contribution in [1.29, 1.82) is 0 Å². The second-order valence-corrected chi connectivity index (χ2v) is 4.69. The van der Waals surface area contributed by atoms with Gasteiger partial charge in [-0.15, -0.1) is 0 Å². The zero-order valence-electron chi connectivity index (χ0n) is 9.94. The first-order chi connectivity index (χ1) is 8.74. The number of pyridine rings is 1. The summed E-state index contributed by atoms with van der Waals surface area (Å²) in [5.74, 6) is 0. The van der Waals surface area contributed by atoms with Crippen LogP contribution in [0, 0.1) is 13.0 Å². The van der Waals surface area contributed by atoms with E-state index in [-0.39, 0.29) is 0 Å². The third-order valence-electron chi connectivity index (χ3n) is 2.95. The van der Waals surface area contributed by atoms with Crippen molar-refractivity contribution in [2.75, 3.05) is 0 Å². The number of halogens is 1. The fourth-order valence-electron chi connectivity index (χ4n) is 2.13. The number of aryl methyl sites for hydroxylation is 1. The van der Waals surface area contributed by atoms with Crippen LogP contribution in [0.15, 0.2) is 48.5 Å². The SMILES string of the molecule is Cc1cccc(-c2cc(Cl)nc3cc[c]cc23)c1. The highest BCUT2D eigenvalue weighted by Crippen LogP contribution is 2.30. The number of fused-ring (bicyclic) bond motifs is 1. The summed E-state index contributed by atoms with van der Waals surface area (Å²) >= 11 is 6.09. The van der Waals surface area contributed by atoms with Crippen molar-refractivity contribution in [2.24, 2.45) is 0 Å². The van der Waals surface area contributed by atoms with Gasteiger partial charge in [0, 0.05) is 5.39 Å². The van der Waals surface area contributed by atoms with Gasteiger partial charge in [0.25, 0.3) is 0 Å². The lowest BCUT2D eigenvalue weighted by Crippen LogP contribution is -1.86. The second-order valence-electron chi connectivity index (χ2n) is 4.31. The molecule has 0 aliphatic carbocycles. The Kier molecular flexibility index (Phi) is 2.77. The van der Waals surface area contributed by atoms with Crippen LogP contribution in [0.2, 0.25) is 5.15 Å². The highest BCUT2D eigenvalue weighted by molar-refractivity contribution is 6.30. The standard InChI is InChI=1S/C16H11ClN/c1-11-5-4-6-12(9-11)14-10-16(17)18-15-8-3-2-7-13(14)15/h3-10H,1H3. The van der Waals surface area contributed by atoms with Gasteiger partial charge in [-0.05, 0) is 42.3 Å². The lowest BCUT2D eigenvalue weighted by molar-refractivity contribution is 1.40. The molecular formula is C16H11ClN. The Hall–Kier alpha value is -1.86. The molecule has 0 fully saturated rings. The van der Waals surface area contributed by atoms with Crippen LogP contribution in [0.25, 0.3) is 22.0 Å². The van der Waals surface area contributed by atoms with Crippen LogP contribution in [0.1, 0.15) is 5.56 Å². The molecule has 1 heterocycles. The Balaban J connectivity index is 2.34. The summed E-state index contributed by atoms with van der Waals surface area (Å²) in [6, 6.07) is 19.1. The Morgan fingerprint density at radius 2 is 2.06 bits per heavy atom. The normalized spacial score (nSPS) is 10.8. The molecule has 18 heavy (non-hydrogen) atoms. The fraction of sp³-hybridized carbons (Fsp3) is 0.0625. The molecule has 3 rings (SSSR count). The molecule has 0 saturated heterocycles. The van der Waals surface area contributed by atoms with Gasteiger partial charge in [0.1, 0.15) is 5.15 Å². The van der Waals surface area contributed by atoms with Crippen molar-refractivity contribution in [2.45, 2.75) is 6.92 Å². The highest BCUT2D eigenvalue weighted by atomic mass is 35.5. The number of benzene rings is 2. The maximum atomic E-state index is 6.09. The van der Waals surface area contributed by atoms with E-state index in [1.807, 2.05) is 24.3 Å². The van der Waals surface area contributed by atoms with E-state index < -0.39 is 0 Å². The van der Waals surface area contributed by atoms with Gasteiger partial charge >= 0.3 is 0 Å². The van der Waals surface area contributed by atoms with Gasteiger partial charge in [-0.3, -0.25) is 0 Å². The van der Waals surface area contributed by atoms with E-state index in [1.54, 1.807) is 0 Å². The first-order valence-corrected chi connectivity index (χ1v) is 6.15. The van der Waals surface area contributed by atoms with Crippen LogP contribution in [-0.4, -0.2) is 4.98 Å². The van der Waals surface area contributed by atoms with Crippen molar-refractivity contribution < 1.29 is 0 Å². The van der Waals surface area contributed by atoms with Crippen molar-refractivity contribution in [1.82, 2.24) is 4.98 Å². The van der Waals surface area contributed by atoms with Crippen LogP contribution >= 0.6 is 11.6 Å². The molecule has 1 radical (unpaired) electrons. The minimum atomic E-state index is 0.519. The number of hydrogen-bond donors (Lipinski definition) is 0. The number of aromatic nitrogens is 1. The summed E-state index contributed by atoms with van der Waals surface area (Å²) in [6.07, 6.45) is 0. The summed E-state index contributed by atoms with van der Waals surface area (Å²) in [5, 5.41) is 1.60. The van der Waals surface area contributed by atoms with E-state index in [1.165, 1.54) is 5.56 Å². The molecule has 0 amide bonds. The summed E-state index contributed by atoms with van der Waals surface area (Å²) in [4.78, 5) is 4.33. The van der Waals surface area contributed by atoms with E-state index in [4.69, 9.17) is 11.6 Å². The van der Waals surface area contributed by atoms with Crippen LogP contribution < -0.4 is 0 Å². The highest BCUT2D eigenvalue weighted by Gasteiger charge is 2.06. The van der Waals surface area contributed by atoms with E-state index in [0.717, 1.165) is 22.0 Å². The molecule has 0 atom stereocenters. The first kappa shape index (κ1) is 11.2. The largest absolute Gasteiger partial charge is 0.236 e. The minimum absolute atomic E-state index is 0.519. The Morgan fingerprint density at radius 3 is 2.89 bits per heavy atom. The predicted molar refractivity (Wildman–Crippen MR) is 75.8 cm³/mol. The van der Waals surface area contributed by atoms with Gasteiger partial charge in [0.05, 0.1) is 5.52 Å². The van der Waals surface area contributed by atoms with Gasteiger partial charge in [-0.1, -0.05) is 47.5 Å². The van der Waals surface area contributed by atoms with Gasteiger partial charge in [0.15, 0.2) is 0 Å². The second kappa shape index (κ2) is 4.43. The average Bonchev–Trinajstić information content (AvgIpc) is 2.37. The molecule has 0 unspecified atom stereocenters. The molecule has 0 aliphatic rings. The lowest BCUT2D eigenvalue weighted by Gasteiger charge is -2.08. The van der Waals surface area contributed by atoms with Crippen LogP contribution in [0.3, 0.4) is 0 Å². The van der Waals surface area contributed by atoms with Crippen LogP contribution in [0.4, 0.5) is 0 Å². The average molecular weight is 253 g/mol. The molecular weight excluding hydrogens is 242 g/mol. The van der Waals surface area contributed by atoms with E-state index in [2.05, 4.69) is 42.2 Å². The van der Waals surface area contributed by atoms with Crippen molar-refractivity contribution in [3.05, 3.63) is 65.3 Å². The van der Waals surface area contributed by atoms with Gasteiger partial charge in [-0.25, -0.2) is 4.98 Å². The molecule has 0 N–H and O–H groups in total. The molecule has 0 bridgehead atoms. The monoisotopic (exact) mass is 252 g/mol. The van der Waals surface area contributed by atoms with Crippen molar-refractivity contribution in [3.8, 4) is 11.1 Å². The quantitative estimate of drug-likeness (QED) is 0.574. The summed E-state index contributed by atoms with van der Waals surface area (Å²) in [7, 11) is 0. The number of nitrogens with zero attached hydrogens (tertiary/aromatic N) is 1. The molecule has 1 aromatic heterocycles. The molecule has 0 aliphatic heterocycles. The molecule has 1 nitrogen and oxygen atoms in total. The van der Waals surface area contributed by atoms with E-state index in [9.17, 15) is 0 Å². The molecule has 0 spiro atoms. The van der Waals surface area contributed by atoms with Crippen LogP contribution in [0.5, 0.6) is 0 Å². The number of hydrogen-bond acceptors (Lipinski definition) is 1. The van der Waals surface area contributed by atoms with Crippen molar-refractivity contribution in [3.63, 3.8) is 0 Å². The maximum Gasteiger partial charge on any atom is 0.130 e. The molecule has 3 aromatic rings. The zero-order valence-corrected chi connectivity index (χ0v) is 10.7. The molecule has 87 valence electrons. The Morgan fingerprint density at radius 1 is 1.17 bits per heavy atom. The lowest BCUT2D eigenvalue weighted by atomic mass is 10.00.